The lowest BCUT2D eigenvalue weighted by atomic mass is 10.2. The van der Waals surface area contributed by atoms with E-state index in [0.29, 0.717) is 29.2 Å². The summed E-state index contributed by atoms with van der Waals surface area (Å²) in [6.07, 6.45) is 3.28. The Hall–Kier alpha value is -3.14. The predicted octanol–water partition coefficient (Wildman–Crippen LogP) is 1.47. The molecular formula is C15H14N6O3S. The molecule has 10 heteroatoms. The minimum absolute atomic E-state index is 0.0944. The Labute approximate surface area is 146 Å². The van der Waals surface area contributed by atoms with Crippen LogP contribution in [0.4, 0.5) is 11.6 Å². The highest BCUT2D eigenvalue weighted by Gasteiger charge is 2.11. The highest BCUT2D eigenvalue weighted by Crippen LogP contribution is 2.20. The van der Waals surface area contributed by atoms with Gasteiger partial charge < -0.3 is 15.4 Å². The number of esters is 1. The molecule has 2 heterocycles. The zero-order chi connectivity index (χ0) is 17.5. The van der Waals surface area contributed by atoms with Crippen molar-refractivity contribution in [1.82, 2.24) is 18.7 Å². The molecule has 1 aromatic carbocycles. The molecule has 0 aliphatic rings. The molecule has 2 N–H and O–H groups in total. The lowest BCUT2D eigenvalue weighted by molar-refractivity contribution is -0.147. The quantitative estimate of drug-likeness (QED) is 0.609. The van der Waals surface area contributed by atoms with Crippen LogP contribution < -0.4 is 10.6 Å². The van der Waals surface area contributed by atoms with E-state index in [1.165, 1.54) is 0 Å². The molecule has 1 amide bonds. The van der Waals surface area contributed by atoms with Crippen LogP contribution in [-0.4, -0.2) is 43.7 Å². The molecule has 0 aliphatic carbocycles. The first-order valence-electron chi connectivity index (χ1n) is 7.40. The lowest BCUT2D eigenvalue weighted by Gasteiger charge is -2.07. The topological polar surface area (TPSA) is 119 Å². The first-order chi connectivity index (χ1) is 12.2. The van der Waals surface area contributed by atoms with Gasteiger partial charge in [0.15, 0.2) is 6.61 Å². The zero-order valence-electron chi connectivity index (χ0n) is 13.0. The summed E-state index contributed by atoms with van der Waals surface area (Å²) in [5.74, 6) is -0.502. The standard InChI is InChI=1S/C15H14N6O3S/c22-12(19-10-3-1-4-11-14(10)21-25-20-11)9-24-13(23)5-8-18-15-16-6-2-7-17-15/h1-4,6-7H,5,8-9H2,(H,19,22)(H,16,17,18). The molecule has 0 fully saturated rings. The van der Waals surface area contributed by atoms with Crippen LogP contribution in [0.2, 0.25) is 0 Å². The van der Waals surface area contributed by atoms with Gasteiger partial charge in [0.2, 0.25) is 5.95 Å². The SMILES string of the molecule is O=C(COC(=O)CCNc1ncccn1)Nc1cccc2nsnc12. The van der Waals surface area contributed by atoms with Crippen LogP contribution in [0.3, 0.4) is 0 Å². The Balaban J connectivity index is 1.41. The minimum atomic E-state index is -0.493. The fourth-order valence-electron chi connectivity index (χ4n) is 1.98. The van der Waals surface area contributed by atoms with Gasteiger partial charge in [0.25, 0.3) is 5.91 Å². The van der Waals surface area contributed by atoms with E-state index in [9.17, 15) is 9.59 Å². The summed E-state index contributed by atoms with van der Waals surface area (Å²) in [5.41, 5.74) is 1.85. The van der Waals surface area contributed by atoms with Crippen molar-refractivity contribution >= 4 is 46.3 Å². The Bertz CT molecular complexity index is 870. The number of nitrogens with zero attached hydrogens (tertiary/aromatic N) is 4. The van der Waals surface area contributed by atoms with Crippen molar-refractivity contribution in [2.75, 3.05) is 23.8 Å². The molecule has 0 saturated carbocycles. The van der Waals surface area contributed by atoms with E-state index in [1.54, 1.807) is 36.7 Å². The summed E-state index contributed by atoms with van der Waals surface area (Å²) in [5, 5.41) is 5.54. The molecule has 0 atom stereocenters. The van der Waals surface area contributed by atoms with Gasteiger partial charge in [-0.1, -0.05) is 6.07 Å². The third-order valence-corrected chi connectivity index (χ3v) is 3.64. The summed E-state index contributed by atoms with van der Waals surface area (Å²) < 4.78 is 13.2. The molecule has 3 rings (SSSR count). The molecule has 25 heavy (non-hydrogen) atoms. The third kappa shape index (κ3) is 4.67. The number of carbonyl (C=O) groups is 2. The number of rotatable bonds is 7. The summed E-state index contributed by atoms with van der Waals surface area (Å²) >= 11 is 1.07. The Kier molecular flexibility index (Phi) is 5.42. The minimum Gasteiger partial charge on any atom is -0.456 e. The summed E-state index contributed by atoms with van der Waals surface area (Å²) in [6.45, 7) is -0.0527. The van der Waals surface area contributed by atoms with Crippen molar-refractivity contribution in [1.29, 1.82) is 0 Å². The molecule has 128 valence electrons. The zero-order valence-corrected chi connectivity index (χ0v) is 13.8. The fraction of sp³-hybridized carbons (Fsp3) is 0.200. The van der Waals surface area contributed by atoms with Gasteiger partial charge in [-0.3, -0.25) is 9.59 Å². The van der Waals surface area contributed by atoms with Gasteiger partial charge in [-0.25, -0.2) is 9.97 Å². The summed E-state index contributed by atoms with van der Waals surface area (Å²) in [6, 6.07) is 6.98. The number of benzene rings is 1. The lowest BCUT2D eigenvalue weighted by Crippen LogP contribution is -2.22. The molecule has 0 spiro atoms. The number of fused-ring (bicyclic) bond motifs is 1. The van der Waals surface area contributed by atoms with Crippen LogP contribution >= 0.6 is 11.7 Å². The van der Waals surface area contributed by atoms with Crippen molar-refractivity contribution in [2.24, 2.45) is 0 Å². The number of aromatic nitrogens is 4. The largest absolute Gasteiger partial charge is 0.456 e. The molecule has 9 nitrogen and oxygen atoms in total. The van der Waals surface area contributed by atoms with E-state index in [2.05, 4.69) is 29.3 Å². The predicted molar refractivity (Wildman–Crippen MR) is 92.1 cm³/mol. The molecule has 0 unspecified atom stereocenters. The maximum Gasteiger partial charge on any atom is 0.308 e. The normalized spacial score (nSPS) is 10.4. The van der Waals surface area contributed by atoms with Gasteiger partial charge >= 0.3 is 5.97 Å². The van der Waals surface area contributed by atoms with Gasteiger partial charge in [0.05, 0.1) is 23.8 Å². The molecule has 2 aromatic heterocycles. The number of ether oxygens (including phenoxy) is 1. The highest BCUT2D eigenvalue weighted by atomic mass is 32.1. The van der Waals surface area contributed by atoms with E-state index < -0.39 is 11.9 Å². The van der Waals surface area contributed by atoms with Crippen LogP contribution in [0.5, 0.6) is 0 Å². The van der Waals surface area contributed by atoms with Gasteiger partial charge in [-0.05, 0) is 18.2 Å². The number of hydrogen-bond acceptors (Lipinski definition) is 9. The molecule has 0 radical (unpaired) electrons. The van der Waals surface area contributed by atoms with E-state index in [4.69, 9.17) is 4.74 Å². The molecular weight excluding hydrogens is 344 g/mol. The maximum absolute atomic E-state index is 11.9. The highest BCUT2D eigenvalue weighted by molar-refractivity contribution is 7.00. The van der Waals surface area contributed by atoms with Crippen LogP contribution in [0.1, 0.15) is 6.42 Å². The van der Waals surface area contributed by atoms with Crippen LogP contribution in [-0.2, 0) is 14.3 Å². The van der Waals surface area contributed by atoms with E-state index >= 15 is 0 Å². The second-order valence-corrected chi connectivity index (χ2v) is 5.42. The maximum atomic E-state index is 11.9. The van der Waals surface area contributed by atoms with Gasteiger partial charge in [0, 0.05) is 18.9 Å². The average molecular weight is 358 g/mol. The van der Waals surface area contributed by atoms with Crippen molar-refractivity contribution in [3.63, 3.8) is 0 Å². The number of hydrogen-bond donors (Lipinski definition) is 2. The second kappa shape index (κ2) is 8.11. The second-order valence-electron chi connectivity index (χ2n) is 4.90. The first kappa shape index (κ1) is 16.7. The monoisotopic (exact) mass is 358 g/mol. The number of carbonyl (C=O) groups excluding carboxylic acids is 2. The van der Waals surface area contributed by atoms with Gasteiger partial charge in [-0.2, -0.15) is 8.75 Å². The van der Waals surface area contributed by atoms with E-state index in [0.717, 1.165) is 11.7 Å². The van der Waals surface area contributed by atoms with Crippen molar-refractivity contribution in [3.8, 4) is 0 Å². The van der Waals surface area contributed by atoms with Crippen molar-refractivity contribution in [3.05, 3.63) is 36.7 Å². The molecule has 0 aliphatic heterocycles. The Morgan fingerprint density at radius 1 is 1.12 bits per heavy atom. The molecule has 3 aromatic rings. The Morgan fingerprint density at radius 2 is 1.96 bits per heavy atom. The summed E-state index contributed by atoms with van der Waals surface area (Å²) in [4.78, 5) is 31.5. The first-order valence-corrected chi connectivity index (χ1v) is 8.13. The average Bonchev–Trinajstić information content (AvgIpc) is 3.11. The third-order valence-electron chi connectivity index (χ3n) is 3.10. The number of amides is 1. The Morgan fingerprint density at radius 3 is 2.80 bits per heavy atom. The van der Waals surface area contributed by atoms with Crippen LogP contribution in [0.25, 0.3) is 11.0 Å². The smallest absolute Gasteiger partial charge is 0.308 e. The van der Waals surface area contributed by atoms with Gasteiger partial charge in [-0.15, -0.1) is 0 Å². The molecule has 0 saturated heterocycles. The fourth-order valence-corrected chi connectivity index (χ4v) is 2.53. The van der Waals surface area contributed by atoms with Gasteiger partial charge in [0.1, 0.15) is 11.0 Å². The molecule has 0 bridgehead atoms. The van der Waals surface area contributed by atoms with E-state index in [-0.39, 0.29) is 13.0 Å². The van der Waals surface area contributed by atoms with E-state index in [1.807, 2.05) is 0 Å². The van der Waals surface area contributed by atoms with Crippen LogP contribution in [0.15, 0.2) is 36.7 Å². The number of anilines is 2. The van der Waals surface area contributed by atoms with Crippen LogP contribution in [0, 0.1) is 0 Å². The number of nitrogens with one attached hydrogen (secondary N) is 2. The summed E-state index contributed by atoms with van der Waals surface area (Å²) in [7, 11) is 0. The van der Waals surface area contributed by atoms with Crippen molar-refractivity contribution < 1.29 is 14.3 Å². The van der Waals surface area contributed by atoms with Crippen molar-refractivity contribution in [2.45, 2.75) is 6.42 Å².